The van der Waals surface area contributed by atoms with Crippen LogP contribution in [0.3, 0.4) is 0 Å². The van der Waals surface area contributed by atoms with Crippen LogP contribution in [0.2, 0.25) is 0 Å². The average Bonchev–Trinajstić information content (AvgIpc) is 2.29. The van der Waals surface area contributed by atoms with Crippen molar-refractivity contribution in [2.45, 2.75) is 45.6 Å². The lowest BCUT2D eigenvalue weighted by atomic mass is 10.2. The molecule has 0 spiro atoms. The average molecular weight is 265 g/mol. The monoisotopic (exact) mass is 265 g/mol. The molecule has 19 heavy (non-hydrogen) atoms. The van der Waals surface area contributed by atoms with Gasteiger partial charge in [-0.1, -0.05) is 0 Å². The molecule has 0 fully saturated rings. The molecular formula is C15H23NO3. The van der Waals surface area contributed by atoms with Crippen LogP contribution in [0, 0.1) is 0 Å². The highest BCUT2D eigenvalue weighted by atomic mass is 16.6. The molecule has 106 valence electrons. The van der Waals surface area contributed by atoms with Gasteiger partial charge < -0.3 is 15.2 Å². The maximum Gasteiger partial charge on any atom is 0.306 e. The van der Waals surface area contributed by atoms with Gasteiger partial charge in [0.2, 0.25) is 0 Å². The molecule has 0 amide bonds. The van der Waals surface area contributed by atoms with Gasteiger partial charge in [0.25, 0.3) is 0 Å². The van der Waals surface area contributed by atoms with Gasteiger partial charge in [0.15, 0.2) is 0 Å². The fraction of sp³-hybridized carbons (Fsp3) is 0.533. The zero-order valence-corrected chi connectivity index (χ0v) is 11.9. The number of rotatable bonds is 6. The van der Waals surface area contributed by atoms with E-state index in [2.05, 4.69) is 0 Å². The summed E-state index contributed by atoms with van der Waals surface area (Å²) < 4.78 is 10.8. The van der Waals surface area contributed by atoms with Crippen LogP contribution < -0.4 is 10.5 Å². The van der Waals surface area contributed by atoms with E-state index in [1.54, 1.807) is 12.1 Å². The predicted octanol–water partition coefficient (Wildman–Crippen LogP) is 3.16. The Morgan fingerprint density at radius 3 is 2.37 bits per heavy atom. The van der Waals surface area contributed by atoms with Gasteiger partial charge in [-0.2, -0.15) is 0 Å². The van der Waals surface area contributed by atoms with Crippen molar-refractivity contribution >= 4 is 11.7 Å². The summed E-state index contributed by atoms with van der Waals surface area (Å²) in [6.07, 6.45) is 2.02. The second-order valence-electron chi connectivity index (χ2n) is 5.46. The van der Waals surface area contributed by atoms with Crippen LogP contribution >= 0.6 is 0 Å². The first kappa shape index (κ1) is 15.3. The fourth-order valence-electron chi connectivity index (χ4n) is 1.52. The number of carbonyl (C=O) groups excluding carboxylic acids is 1. The molecule has 0 aliphatic heterocycles. The number of hydrogen-bond donors (Lipinski definition) is 1. The molecule has 0 saturated carbocycles. The Balaban J connectivity index is 2.11. The Morgan fingerprint density at radius 2 is 1.79 bits per heavy atom. The lowest BCUT2D eigenvalue weighted by molar-refractivity contribution is -0.154. The molecule has 0 heterocycles. The topological polar surface area (TPSA) is 61.5 Å². The quantitative estimate of drug-likeness (QED) is 0.487. The summed E-state index contributed by atoms with van der Waals surface area (Å²) in [7, 11) is 0. The van der Waals surface area contributed by atoms with Crippen LogP contribution in [0.15, 0.2) is 24.3 Å². The summed E-state index contributed by atoms with van der Waals surface area (Å²) >= 11 is 0. The standard InChI is InChI=1S/C15H23NO3/c1-15(2,3)19-14(17)6-4-5-11-18-13-9-7-12(16)8-10-13/h7-10H,4-6,11,16H2,1-3H3. The fourth-order valence-corrected chi connectivity index (χ4v) is 1.52. The maximum atomic E-state index is 11.5. The number of anilines is 1. The molecule has 2 N–H and O–H groups in total. The summed E-state index contributed by atoms with van der Waals surface area (Å²) in [4.78, 5) is 11.5. The first-order chi connectivity index (χ1) is 8.87. The second-order valence-corrected chi connectivity index (χ2v) is 5.46. The molecule has 1 aromatic rings. The van der Waals surface area contributed by atoms with E-state index in [-0.39, 0.29) is 5.97 Å². The van der Waals surface area contributed by atoms with Crippen molar-refractivity contribution < 1.29 is 14.3 Å². The zero-order valence-electron chi connectivity index (χ0n) is 11.9. The van der Waals surface area contributed by atoms with Gasteiger partial charge in [0.1, 0.15) is 11.4 Å². The highest BCUT2D eigenvalue weighted by molar-refractivity contribution is 5.69. The molecule has 0 aromatic heterocycles. The highest BCUT2D eigenvalue weighted by Crippen LogP contribution is 2.14. The summed E-state index contributed by atoms with van der Waals surface area (Å²) in [6.45, 7) is 6.20. The smallest absolute Gasteiger partial charge is 0.306 e. The lowest BCUT2D eigenvalue weighted by Crippen LogP contribution is -2.23. The number of carbonyl (C=O) groups is 1. The SMILES string of the molecule is CC(C)(C)OC(=O)CCCCOc1ccc(N)cc1. The minimum absolute atomic E-state index is 0.153. The van der Waals surface area contributed by atoms with E-state index in [1.807, 2.05) is 32.9 Å². The summed E-state index contributed by atoms with van der Waals surface area (Å²) in [5.41, 5.74) is 5.89. The Bertz CT molecular complexity index is 393. The van der Waals surface area contributed by atoms with Gasteiger partial charge in [0.05, 0.1) is 6.61 Å². The van der Waals surface area contributed by atoms with E-state index < -0.39 is 5.60 Å². The van der Waals surface area contributed by atoms with Gasteiger partial charge in [0, 0.05) is 12.1 Å². The number of benzene rings is 1. The first-order valence-electron chi connectivity index (χ1n) is 6.57. The molecule has 4 heteroatoms. The number of ether oxygens (including phenoxy) is 2. The zero-order chi connectivity index (χ0) is 14.3. The van der Waals surface area contributed by atoms with Crippen molar-refractivity contribution in [3.8, 4) is 5.75 Å². The second kappa shape index (κ2) is 7.02. The molecule has 1 aromatic carbocycles. The normalized spacial score (nSPS) is 11.1. The van der Waals surface area contributed by atoms with Gasteiger partial charge in [-0.3, -0.25) is 4.79 Å². The summed E-state index contributed by atoms with van der Waals surface area (Å²) in [5.74, 6) is 0.645. The van der Waals surface area contributed by atoms with E-state index in [4.69, 9.17) is 15.2 Å². The van der Waals surface area contributed by atoms with Gasteiger partial charge in [-0.25, -0.2) is 0 Å². The molecule has 0 aliphatic carbocycles. The van der Waals surface area contributed by atoms with Gasteiger partial charge >= 0.3 is 5.97 Å². The third-order valence-corrected chi connectivity index (χ3v) is 2.34. The van der Waals surface area contributed by atoms with E-state index in [0.29, 0.717) is 13.0 Å². The van der Waals surface area contributed by atoms with E-state index in [0.717, 1.165) is 24.3 Å². The van der Waals surface area contributed by atoms with Gasteiger partial charge in [-0.15, -0.1) is 0 Å². The minimum atomic E-state index is -0.405. The number of esters is 1. The molecule has 0 saturated heterocycles. The summed E-state index contributed by atoms with van der Waals surface area (Å²) in [5, 5.41) is 0. The molecule has 0 unspecified atom stereocenters. The maximum absolute atomic E-state index is 11.5. The molecule has 0 radical (unpaired) electrons. The van der Waals surface area contributed by atoms with Gasteiger partial charge in [-0.05, 0) is 57.9 Å². The van der Waals surface area contributed by atoms with Crippen molar-refractivity contribution in [1.82, 2.24) is 0 Å². The van der Waals surface area contributed by atoms with Crippen LogP contribution in [-0.4, -0.2) is 18.2 Å². The molecule has 1 rings (SSSR count). The van der Waals surface area contributed by atoms with Crippen molar-refractivity contribution in [3.63, 3.8) is 0 Å². The Labute approximate surface area is 114 Å². The first-order valence-corrected chi connectivity index (χ1v) is 6.57. The Hall–Kier alpha value is -1.71. The molecule has 0 atom stereocenters. The minimum Gasteiger partial charge on any atom is -0.494 e. The van der Waals surface area contributed by atoms with E-state index in [1.165, 1.54) is 0 Å². The van der Waals surface area contributed by atoms with E-state index in [9.17, 15) is 4.79 Å². The van der Waals surface area contributed by atoms with Crippen LogP contribution in [0.4, 0.5) is 5.69 Å². The molecule has 0 aliphatic rings. The van der Waals surface area contributed by atoms with Crippen LogP contribution in [0.1, 0.15) is 40.0 Å². The third-order valence-electron chi connectivity index (χ3n) is 2.34. The number of nitrogens with two attached hydrogens (primary N) is 1. The number of unbranched alkanes of at least 4 members (excludes halogenated alkanes) is 1. The third kappa shape index (κ3) is 7.34. The Kier molecular flexibility index (Phi) is 5.67. The lowest BCUT2D eigenvalue weighted by Gasteiger charge is -2.19. The molecule has 4 nitrogen and oxygen atoms in total. The van der Waals surface area contributed by atoms with Crippen molar-refractivity contribution in [2.75, 3.05) is 12.3 Å². The molecule has 0 bridgehead atoms. The highest BCUT2D eigenvalue weighted by Gasteiger charge is 2.15. The Morgan fingerprint density at radius 1 is 1.16 bits per heavy atom. The summed E-state index contributed by atoms with van der Waals surface area (Å²) in [6, 6.07) is 7.28. The van der Waals surface area contributed by atoms with Crippen molar-refractivity contribution in [2.24, 2.45) is 0 Å². The predicted molar refractivity (Wildman–Crippen MR) is 76.0 cm³/mol. The van der Waals surface area contributed by atoms with E-state index >= 15 is 0 Å². The van der Waals surface area contributed by atoms with Crippen LogP contribution in [0.25, 0.3) is 0 Å². The number of hydrogen-bond acceptors (Lipinski definition) is 4. The number of nitrogen functional groups attached to an aromatic ring is 1. The van der Waals surface area contributed by atoms with Crippen molar-refractivity contribution in [1.29, 1.82) is 0 Å². The van der Waals surface area contributed by atoms with Crippen LogP contribution in [-0.2, 0) is 9.53 Å². The van der Waals surface area contributed by atoms with Crippen LogP contribution in [0.5, 0.6) is 5.75 Å². The largest absolute Gasteiger partial charge is 0.494 e. The molecular weight excluding hydrogens is 242 g/mol. The van der Waals surface area contributed by atoms with Crippen molar-refractivity contribution in [3.05, 3.63) is 24.3 Å².